The quantitative estimate of drug-likeness (QED) is 0.330. The molecule has 0 aliphatic heterocycles. The normalized spacial score (nSPS) is 15.2. The topological polar surface area (TPSA) is 125 Å². The monoisotopic (exact) mass is 523 g/mol. The number of hydrogen-bond acceptors (Lipinski definition) is 7. The van der Waals surface area contributed by atoms with Gasteiger partial charge in [0.2, 0.25) is 0 Å². The molecule has 0 spiro atoms. The van der Waals surface area contributed by atoms with E-state index in [1.54, 1.807) is 24.3 Å². The number of halogens is 1. The van der Waals surface area contributed by atoms with Crippen molar-refractivity contribution in [1.82, 2.24) is 29.5 Å². The van der Waals surface area contributed by atoms with Crippen molar-refractivity contribution in [2.24, 2.45) is 0 Å². The molecule has 10 heteroatoms. The molecule has 0 unspecified atom stereocenters. The van der Waals surface area contributed by atoms with Gasteiger partial charge in [-0.2, -0.15) is 14.9 Å². The number of aliphatic hydroxyl groups is 1. The van der Waals surface area contributed by atoms with Gasteiger partial charge in [-0.25, -0.2) is 14.4 Å². The molecule has 2 fully saturated rings. The van der Waals surface area contributed by atoms with Crippen molar-refractivity contribution >= 4 is 16.6 Å². The fraction of sp³-hybridized carbons (Fsp3) is 0.276. The Bertz CT molecular complexity index is 1800. The van der Waals surface area contributed by atoms with Crippen molar-refractivity contribution in [3.63, 3.8) is 0 Å². The van der Waals surface area contributed by atoms with E-state index in [0.717, 1.165) is 41.5 Å². The summed E-state index contributed by atoms with van der Waals surface area (Å²) in [5.41, 5.74) is 9.30. The van der Waals surface area contributed by atoms with E-state index in [4.69, 9.17) is 10.7 Å². The molecule has 0 bridgehead atoms. The van der Waals surface area contributed by atoms with Crippen molar-refractivity contribution in [1.29, 1.82) is 0 Å². The highest BCUT2D eigenvalue weighted by atomic mass is 19.1. The molecule has 0 atom stereocenters. The zero-order chi connectivity index (χ0) is 26.7. The average Bonchev–Trinajstić information content (AvgIpc) is 3.86. The van der Waals surface area contributed by atoms with Gasteiger partial charge in [0.05, 0.1) is 41.8 Å². The van der Waals surface area contributed by atoms with Gasteiger partial charge in [0.1, 0.15) is 17.5 Å². The first kappa shape index (κ1) is 23.7. The van der Waals surface area contributed by atoms with Crippen molar-refractivity contribution in [2.45, 2.75) is 50.7 Å². The molecule has 2 aliphatic rings. The lowest BCUT2D eigenvalue weighted by Crippen LogP contribution is -2.23. The Hall–Kier alpha value is -4.44. The number of hydrogen-bond donors (Lipinski definition) is 2. The van der Waals surface area contributed by atoms with Crippen LogP contribution in [0.1, 0.15) is 60.2 Å². The van der Waals surface area contributed by atoms with Gasteiger partial charge in [-0.15, -0.1) is 0 Å². The second-order valence-corrected chi connectivity index (χ2v) is 10.4. The fourth-order valence-electron chi connectivity index (χ4n) is 5.18. The van der Waals surface area contributed by atoms with Crippen LogP contribution in [-0.4, -0.2) is 34.6 Å². The molecule has 9 nitrogen and oxygen atoms in total. The van der Waals surface area contributed by atoms with E-state index in [1.807, 2.05) is 23.1 Å². The summed E-state index contributed by atoms with van der Waals surface area (Å²) in [7, 11) is 0. The lowest BCUT2D eigenvalue weighted by Gasteiger charge is -2.15. The van der Waals surface area contributed by atoms with Gasteiger partial charge in [0.25, 0.3) is 5.56 Å². The Balaban J connectivity index is 1.29. The third-order valence-electron chi connectivity index (χ3n) is 7.45. The van der Waals surface area contributed by atoms with Crippen molar-refractivity contribution in [3.8, 4) is 16.9 Å². The second kappa shape index (κ2) is 9.09. The van der Waals surface area contributed by atoms with Crippen LogP contribution in [0.2, 0.25) is 0 Å². The molecule has 0 amide bonds. The summed E-state index contributed by atoms with van der Waals surface area (Å²) in [6.45, 7) is -0.395. The molecule has 2 aliphatic carbocycles. The molecular formula is C29H26FN7O2. The molecule has 2 aromatic carbocycles. The van der Waals surface area contributed by atoms with Crippen LogP contribution >= 0.6 is 0 Å². The number of rotatable bonds is 7. The van der Waals surface area contributed by atoms with Gasteiger partial charge in [-0.05, 0) is 60.9 Å². The van der Waals surface area contributed by atoms with E-state index >= 15 is 4.39 Å². The fourth-order valence-corrected chi connectivity index (χ4v) is 5.18. The van der Waals surface area contributed by atoms with Crippen LogP contribution in [0.3, 0.4) is 0 Å². The van der Waals surface area contributed by atoms with Crippen LogP contribution in [0.4, 0.5) is 10.2 Å². The van der Waals surface area contributed by atoms with E-state index in [-0.39, 0.29) is 11.2 Å². The summed E-state index contributed by atoms with van der Waals surface area (Å²) >= 11 is 0. The third-order valence-corrected chi connectivity index (χ3v) is 7.45. The Morgan fingerprint density at radius 2 is 1.90 bits per heavy atom. The minimum atomic E-state index is -0.588. The number of benzene rings is 2. The molecule has 2 saturated carbocycles. The molecule has 0 saturated heterocycles. The number of nitrogens with two attached hydrogens (primary N) is 1. The number of nitrogens with zero attached hydrogens (tertiary/aromatic N) is 6. The van der Waals surface area contributed by atoms with Crippen LogP contribution in [-0.2, 0) is 13.0 Å². The summed E-state index contributed by atoms with van der Waals surface area (Å²) < 4.78 is 18.2. The molecule has 3 heterocycles. The zero-order valence-electron chi connectivity index (χ0n) is 21.1. The van der Waals surface area contributed by atoms with Crippen molar-refractivity contribution in [2.75, 3.05) is 5.73 Å². The van der Waals surface area contributed by atoms with E-state index < -0.39 is 18.0 Å². The first-order chi connectivity index (χ1) is 19.0. The Labute approximate surface area is 222 Å². The van der Waals surface area contributed by atoms with Crippen LogP contribution in [0.15, 0.2) is 59.8 Å². The molecular weight excluding hydrogens is 497 g/mol. The molecule has 39 heavy (non-hydrogen) atoms. The molecule has 3 aromatic heterocycles. The zero-order valence-corrected chi connectivity index (χ0v) is 21.1. The van der Waals surface area contributed by atoms with Gasteiger partial charge >= 0.3 is 0 Å². The lowest BCUT2D eigenvalue weighted by molar-refractivity contribution is 0.281. The number of aromatic nitrogens is 6. The lowest BCUT2D eigenvalue weighted by atomic mass is 10.0. The van der Waals surface area contributed by atoms with Crippen LogP contribution in [0.5, 0.6) is 0 Å². The predicted molar refractivity (Wildman–Crippen MR) is 144 cm³/mol. The summed E-state index contributed by atoms with van der Waals surface area (Å²) in [5.74, 6) is 0.594. The van der Waals surface area contributed by atoms with Gasteiger partial charge in [0, 0.05) is 35.2 Å². The SMILES string of the molecule is Nc1cc(-c2cccc(-n3ncc4cc(C5CC5)cc(F)c4c3=O)c2CO)nc(Cc2cnn(C3CC3)c2)n1. The smallest absolute Gasteiger partial charge is 0.282 e. The average molecular weight is 524 g/mol. The molecule has 5 aromatic rings. The molecule has 3 N–H and O–H groups in total. The first-order valence-corrected chi connectivity index (χ1v) is 13.1. The molecule has 7 rings (SSSR count). The van der Waals surface area contributed by atoms with Gasteiger partial charge in [-0.1, -0.05) is 12.1 Å². The van der Waals surface area contributed by atoms with Gasteiger partial charge in [0.15, 0.2) is 0 Å². The number of anilines is 1. The third kappa shape index (κ3) is 4.36. The number of fused-ring (bicyclic) bond motifs is 1. The van der Waals surface area contributed by atoms with Crippen LogP contribution < -0.4 is 11.3 Å². The summed E-state index contributed by atoms with van der Waals surface area (Å²) in [6, 6.07) is 10.6. The van der Waals surface area contributed by atoms with Crippen molar-refractivity contribution < 1.29 is 9.50 Å². The van der Waals surface area contributed by atoms with E-state index in [1.165, 1.54) is 12.3 Å². The van der Waals surface area contributed by atoms with Crippen LogP contribution in [0, 0.1) is 5.82 Å². The standard InChI is InChI=1S/C29H26FN7O2/c30-23-10-18(17-4-5-17)9-19-13-33-37(29(39)28(19)23)25-3-1-2-21(22(25)15-38)24-11-26(31)35-27(34-24)8-16-12-32-36(14-16)20-6-7-20/h1-3,9-14,17,20,38H,4-8,15H2,(H2,31,34,35). The summed E-state index contributed by atoms with van der Waals surface area (Å²) in [5, 5.41) is 19.7. The summed E-state index contributed by atoms with van der Waals surface area (Å²) in [6.07, 6.45) is 10.1. The number of aliphatic hydroxyl groups excluding tert-OH is 1. The van der Waals surface area contributed by atoms with Crippen molar-refractivity contribution in [3.05, 3.63) is 93.7 Å². The first-order valence-electron chi connectivity index (χ1n) is 13.1. The number of nitrogen functional groups attached to an aromatic ring is 1. The molecule has 0 radical (unpaired) electrons. The van der Waals surface area contributed by atoms with Gasteiger partial charge < -0.3 is 10.8 Å². The van der Waals surface area contributed by atoms with E-state index in [9.17, 15) is 9.90 Å². The highest BCUT2D eigenvalue weighted by Gasteiger charge is 2.26. The molecule has 196 valence electrons. The predicted octanol–water partition coefficient (Wildman–Crippen LogP) is 4.06. The maximum Gasteiger partial charge on any atom is 0.282 e. The van der Waals surface area contributed by atoms with E-state index in [0.29, 0.717) is 52.1 Å². The van der Waals surface area contributed by atoms with E-state index in [2.05, 4.69) is 15.2 Å². The largest absolute Gasteiger partial charge is 0.392 e. The maximum atomic E-state index is 15.1. The highest BCUT2D eigenvalue weighted by Crippen LogP contribution is 2.41. The minimum Gasteiger partial charge on any atom is -0.392 e. The van der Waals surface area contributed by atoms with Gasteiger partial charge in [-0.3, -0.25) is 9.48 Å². The Morgan fingerprint density at radius 1 is 1.05 bits per heavy atom. The summed E-state index contributed by atoms with van der Waals surface area (Å²) in [4.78, 5) is 22.6. The minimum absolute atomic E-state index is 0.0241. The highest BCUT2D eigenvalue weighted by molar-refractivity contribution is 5.83. The maximum absolute atomic E-state index is 15.1. The Morgan fingerprint density at radius 3 is 2.67 bits per heavy atom. The van der Waals surface area contributed by atoms with Crippen LogP contribution in [0.25, 0.3) is 27.7 Å². The second-order valence-electron chi connectivity index (χ2n) is 10.4. The Kier molecular flexibility index (Phi) is 5.52.